The van der Waals surface area contributed by atoms with Gasteiger partial charge in [0.25, 0.3) is 5.91 Å². The summed E-state index contributed by atoms with van der Waals surface area (Å²) in [4.78, 5) is 16.0. The molecule has 0 radical (unpaired) electrons. The molecule has 0 spiro atoms. The van der Waals surface area contributed by atoms with E-state index in [4.69, 9.17) is 5.73 Å². The maximum Gasteiger partial charge on any atom is 0.270 e. The van der Waals surface area contributed by atoms with Crippen molar-refractivity contribution in [2.45, 2.75) is 58.4 Å². The van der Waals surface area contributed by atoms with Gasteiger partial charge in [-0.3, -0.25) is 4.79 Å². The van der Waals surface area contributed by atoms with Crippen LogP contribution in [0.4, 0.5) is 0 Å². The number of unbranched alkanes of at least 4 members (excludes halogenated alkanes) is 5. The van der Waals surface area contributed by atoms with Crippen molar-refractivity contribution in [1.29, 1.82) is 0 Å². The molecule has 0 aliphatic rings. The zero-order chi connectivity index (χ0) is 14.1. The standard InChI is InChI=1S/C14H25N3OS/c1-3-4-5-6-7-8-9-16-13(18)12-10-19-14(17-12)11(2)15/h10-11H,3-9,15H2,1-2H3,(H,16,18). The molecule has 0 aromatic carbocycles. The minimum absolute atomic E-state index is 0.0864. The Hall–Kier alpha value is -0.940. The van der Waals surface area contributed by atoms with Crippen LogP contribution in [-0.2, 0) is 0 Å². The molecule has 19 heavy (non-hydrogen) atoms. The van der Waals surface area contributed by atoms with Crippen molar-refractivity contribution in [3.8, 4) is 0 Å². The molecule has 0 fully saturated rings. The van der Waals surface area contributed by atoms with E-state index in [2.05, 4.69) is 17.2 Å². The number of hydrogen-bond acceptors (Lipinski definition) is 4. The summed E-state index contributed by atoms with van der Waals surface area (Å²) in [6.07, 6.45) is 7.36. The van der Waals surface area contributed by atoms with Crippen LogP contribution in [0.3, 0.4) is 0 Å². The number of carbonyl (C=O) groups excluding carboxylic acids is 1. The van der Waals surface area contributed by atoms with Gasteiger partial charge in [-0.25, -0.2) is 4.98 Å². The van der Waals surface area contributed by atoms with Crippen LogP contribution < -0.4 is 11.1 Å². The SMILES string of the molecule is CCCCCCCCNC(=O)c1csc(C(C)N)n1. The van der Waals surface area contributed by atoms with Crippen LogP contribution in [0, 0.1) is 0 Å². The topological polar surface area (TPSA) is 68.0 Å². The summed E-state index contributed by atoms with van der Waals surface area (Å²) in [5.41, 5.74) is 6.21. The number of nitrogens with one attached hydrogen (secondary N) is 1. The van der Waals surface area contributed by atoms with Crippen LogP contribution in [0.25, 0.3) is 0 Å². The molecule has 3 N–H and O–H groups in total. The van der Waals surface area contributed by atoms with Gasteiger partial charge in [0.2, 0.25) is 0 Å². The molecule has 0 saturated heterocycles. The van der Waals surface area contributed by atoms with Crippen molar-refractivity contribution in [2.75, 3.05) is 6.54 Å². The first kappa shape index (κ1) is 16.1. The molecule has 5 heteroatoms. The maximum atomic E-state index is 11.8. The number of carbonyl (C=O) groups is 1. The zero-order valence-electron chi connectivity index (χ0n) is 11.9. The third-order valence-corrected chi connectivity index (χ3v) is 4.01. The second-order valence-corrected chi connectivity index (χ2v) is 5.77. The van der Waals surface area contributed by atoms with E-state index in [1.165, 1.54) is 43.4 Å². The first-order valence-electron chi connectivity index (χ1n) is 7.14. The van der Waals surface area contributed by atoms with E-state index in [1.807, 2.05) is 6.92 Å². The molecule has 1 rings (SSSR count). The first-order valence-corrected chi connectivity index (χ1v) is 8.02. The molecule has 0 aliphatic heterocycles. The third kappa shape index (κ3) is 6.16. The van der Waals surface area contributed by atoms with Crippen LogP contribution >= 0.6 is 11.3 Å². The van der Waals surface area contributed by atoms with E-state index in [0.29, 0.717) is 5.69 Å². The smallest absolute Gasteiger partial charge is 0.270 e. The van der Waals surface area contributed by atoms with Crippen LogP contribution in [0.1, 0.15) is 73.9 Å². The summed E-state index contributed by atoms with van der Waals surface area (Å²) in [6, 6.07) is -0.106. The molecular formula is C14H25N3OS. The Morgan fingerprint density at radius 2 is 2.05 bits per heavy atom. The highest BCUT2D eigenvalue weighted by Gasteiger charge is 2.11. The minimum Gasteiger partial charge on any atom is -0.351 e. The van der Waals surface area contributed by atoms with Crippen molar-refractivity contribution in [1.82, 2.24) is 10.3 Å². The number of rotatable bonds is 9. The number of nitrogens with zero attached hydrogens (tertiary/aromatic N) is 1. The summed E-state index contributed by atoms with van der Waals surface area (Å²) >= 11 is 1.44. The van der Waals surface area contributed by atoms with E-state index in [-0.39, 0.29) is 11.9 Å². The molecule has 1 aromatic heterocycles. The fourth-order valence-electron chi connectivity index (χ4n) is 1.80. The quantitative estimate of drug-likeness (QED) is 0.684. The van der Waals surface area contributed by atoms with E-state index < -0.39 is 0 Å². The molecule has 1 aromatic rings. The van der Waals surface area contributed by atoms with Crippen LogP contribution in [0.15, 0.2) is 5.38 Å². The van der Waals surface area contributed by atoms with Gasteiger partial charge in [0, 0.05) is 11.9 Å². The number of hydrogen-bond donors (Lipinski definition) is 2. The first-order chi connectivity index (χ1) is 9.15. The third-order valence-electron chi connectivity index (χ3n) is 2.96. The van der Waals surface area contributed by atoms with Gasteiger partial charge in [-0.2, -0.15) is 0 Å². The van der Waals surface area contributed by atoms with E-state index >= 15 is 0 Å². The van der Waals surface area contributed by atoms with Gasteiger partial charge in [0.15, 0.2) is 0 Å². The highest BCUT2D eigenvalue weighted by atomic mass is 32.1. The normalized spacial score (nSPS) is 12.4. The second kappa shape index (κ2) is 9.04. The highest BCUT2D eigenvalue weighted by molar-refractivity contribution is 7.09. The summed E-state index contributed by atoms with van der Waals surface area (Å²) in [7, 11) is 0. The van der Waals surface area contributed by atoms with Crippen molar-refractivity contribution >= 4 is 17.2 Å². The van der Waals surface area contributed by atoms with Gasteiger partial charge in [0.05, 0.1) is 6.04 Å². The van der Waals surface area contributed by atoms with Gasteiger partial charge in [-0.1, -0.05) is 39.0 Å². The van der Waals surface area contributed by atoms with E-state index in [0.717, 1.165) is 18.0 Å². The van der Waals surface area contributed by atoms with Crippen molar-refractivity contribution in [3.63, 3.8) is 0 Å². The number of aromatic nitrogens is 1. The summed E-state index contributed by atoms with van der Waals surface area (Å²) in [5, 5.41) is 5.49. The van der Waals surface area contributed by atoms with Gasteiger partial charge in [-0.05, 0) is 13.3 Å². The number of nitrogens with two attached hydrogens (primary N) is 1. The molecule has 0 aliphatic carbocycles. The van der Waals surface area contributed by atoms with E-state index in [9.17, 15) is 4.79 Å². The minimum atomic E-state index is -0.106. The lowest BCUT2D eigenvalue weighted by molar-refractivity contribution is 0.0948. The lowest BCUT2D eigenvalue weighted by atomic mass is 10.1. The highest BCUT2D eigenvalue weighted by Crippen LogP contribution is 2.15. The molecule has 0 saturated carbocycles. The fraction of sp³-hybridized carbons (Fsp3) is 0.714. The molecule has 1 heterocycles. The molecule has 108 valence electrons. The predicted octanol–water partition coefficient (Wildman–Crippen LogP) is 3.25. The van der Waals surface area contributed by atoms with E-state index in [1.54, 1.807) is 5.38 Å². The monoisotopic (exact) mass is 283 g/mol. The molecule has 0 bridgehead atoms. The van der Waals surface area contributed by atoms with Crippen LogP contribution in [0.2, 0.25) is 0 Å². The molecular weight excluding hydrogens is 258 g/mol. The van der Waals surface area contributed by atoms with Gasteiger partial charge in [-0.15, -0.1) is 11.3 Å². The number of thiazole rings is 1. The van der Waals surface area contributed by atoms with Crippen LogP contribution in [-0.4, -0.2) is 17.4 Å². The predicted molar refractivity (Wildman–Crippen MR) is 80.4 cm³/mol. The molecule has 1 unspecified atom stereocenters. The molecule has 4 nitrogen and oxygen atoms in total. The Bertz CT molecular complexity index is 377. The average Bonchev–Trinajstić information content (AvgIpc) is 2.87. The lowest BCUT2D eigenvalue weighted by Gasteiger charge is -2.03. The largest absolute Gasteiger partial charge is 0.351 e. The lowest BCUT2D eigenvalue weighted by Crippen LogP contribution is -2.24. The average molecular weight is 283 g/mol. The Morgan fingerprint density at radius 3 is 2.68 bits per heavy atom. The molecule has 1 amide bonds. The van der Waals surface area contributed by atoms with Crippen LogP contribution in [0.5, 0.6) is 0 Å². The fourth-order valence-corrected chi connectivity index (χ4v) is 2.56. The Labute approximate surface area is 119 Å². The zero-order valence-corrected chi connectivity index (χ0v) is 12.8. The summed E-state index contributed by atoms with van der Waals surface area (Å²) in [6.45, 7) is 4.82. The maximum absolute atomic E-state index is 11.8. The Balaban J connectivity index is 2.16. The van der Waals surface area contributed by atoms with Crippen molar-refractivity contribution in [3.05, 3.63) is 16.1 Å². The van der Waals surface area contributed by atoms with Gasteiger partial charge >= 0.3 is 0 Å². The number of amides is 1. The molecule has 1 atom stereocenters. The Morgan fingerprint density at radius 1 is 1.37 bits per heavy atom. The summed E-state index contributed by atoms with van der Waals surface area (Å²) < 4.78 is 0. The van der Waals surface area contributed by atoms with Gasteiger partial charge in [0.1, 0.15) is 10.7 Å². The summed E-state index contributed by atoms with van der Waals surface area (Å²) in [5.74, 6) is -0.0864. The Kier molecular flexibility index (Phi) is 7.67. The van der Waals surface area contributed by atoms with Crippen molar-refractivity contribution < 1.29 is 4.79 Å². The second-order valence-electron chi connectivity index (χ2n) is 4.88. The van der Waals surface area contributed by atoms with Crippen molar-refractivity contribution in [2.24, 2.45) is 5.73 Å². The van der Waals surface area contributed by atoms with Gasteiger partial charge < -0.3 is 11.1 Å².